The van der Waals surface area contributed by atoms with Gasteiger partial charge < -0.3 is 25.5 Å². The molecule has 13 heteroatoms. The molecule has 3 rings (SSSR count). The number of hydrogen-bond acceptors (Lipinski definition) is 10. The van der Waals surface area contributed by atoms with Crippen LogP contribution in [-0.2, 0) is 9.57 Å². The summed E-state index contributed by atoms with van der Waals surface area (Å²) >= 11 is 0. The number of ether oxygens (including phenoxy) is 1. The second-order valence-electron chi connectivity index (χ2n) is 4.84. The Bertz CT molecular complexity index is 803. The Morgan fingerprint density at radius 3 is 2.96 bits per heavy atom. The molecule has 1 aliphatic rings. The van der Waals surface area contributed by atoms with Crippen LogP contribution in [0, 0.1) is 10.1 Å². The lowest BCUT2D eigenvalue weighted by molar-refractivity contribution is -0.759. The summed E-state index contributed by atoms with van der Waals surface area (Å²) in [6, 6.07) is 0. The van der Waals surface area contributed by atoms with Gasteiger partial charge in [0.2, 0.25) is 5.95 Å². The van der Waals surface area contributed by atoms with Gasteiger partial charge >= 0.3 is 0 Å². The highest BCUT2D eigenvalue weighted by Crippen LogP contribution is 2.31. The van der Waals surface area contributed by atoms with Gasteiger partial charge in [-0.1, -0.05) is 0 Å². The van der Waals surface area contributed by atoms with Crippen LogP contribution in [0.2, 0.25) is 0 Å². The monoisotopic (exact) mass is 328 g/mol. The van der Waals surface area contributed by atoms with E-state index in [2.05, 4.69) is 19.8 Å². The molecule has 0 unspecified atom stereocenters. The lowest BCUT2D eigenvalue weighted by Gasteiger charge is -2.16. The van der Waals surface area contributed by atoms with E-state index in [-0.39, 0.29) is 17.1 Å². The summed E-state index contributed by atoms with van der Waals surface area (Å²) in [5.41, 5.74) is 4.90. The molecule has 2 aromatic heterocycles. The molecule has 5 N–H and O–H groups in total. The molecule has 124 valence electrons. The quantitative estimate of drug-likeness (QED) is 0.345. The molecule has 0 aliphatic carbocycles. The maximum absolute atomic E-state index is 11.7. The Labute approximate surface area is 126 Å². The van der Waals surface area contributed by atoms with Crippen molar-refractivity contribution in [3.8, 4) is 0 Å². The molecule has 1 fully saturated rings. The van der Waals surface area contributed by atoms with Gasteiger partial charge in [0.15, 0.2) is 17.4 Å². The highest BCUT2D eigenvalue weighted by Gasteiger charge is 2.44. The van der Waals surface area contributed by atoms with E-state index in [4.69, 9.17) is 10.5 Å². The number of imidazole rings is 1. The minimum absolute atomic E-state index is 0.0329. The number of aromatic amines is 1. The van der Waals surface area contributed by atoms with Crippen molar-refractivity contribution < 1.29 is 24.9 Å². The zero-order valence-corrected chi connectivity index (χ0v) is 11.4. The van der Waals surface area contributed by atoms with Crippen molar-refractivity contribution in [2.45, 2.75) is 24.5 Å². The van der Waals surface area contributed by atoms with Crippen LogP contribution in [0.25, 0.3) is 11.2 Å². The second-order valence-corrected chi connectivity index (χ2v) is 4.84. The predicted molar refractivity (Wildman–Crippen MR) is 71.4 cm³/mol. The Balaban J connectivity index is 1.93. The van der Waals surface area contributed by atoms with E-state index in [0.29, 0.717) is 0 Å². The van der Waals surface area contributed by atoms with Gasteiger partial charge in [-0.25, -0.2) is 4.98 Å². The summed E-state index contributed by atoms with van der Waals surface area (Å²) < 4.78 is 6.58. The van der Waals surface area contributed by atoms with Crippen LogP contribution < -0.4 is 11.3 Å². The van der Waals surface area contributed by atoms with Crippen molar-refractivity contribution in [3.63, 3.8) is 0 Å². The number of nitrogen functional groups attached to an aromatic ring is 1. The fourth-order valence-corrected chi connectivity index (χ4v) is 2.36. The normalized spacial score (nSPS) is 27.4. The van der Waals surface area contributed by atoms with Crippen LogP contribution in [0.1, 0.15) is 6.23 Å². The topological polar surface area (TPSA) is 192 Å². The number of nitrogens with one attached hydrogen (secondary N) is 1. The third-order valence-electron chi connectivity index (χ3n) is 3.41. The lowest BCUT2D eigenvalue weighted by atomic mass is 10.1. The number of anilines is 1. The summed E-state index contributed by atoms with van der Waals surface area (Å²) in [5, 5.41) is 29.1. The molecule has 0 amide bonds. The molecule has 2 aromatic rings. The van der Waals surface area contributed by atoms with Crippen LogP contribution >= 0.6 is 0 Å². The Morgan fingerprint density at radius 1 is 1.52 bits per heavy atom. The maximum Gasteiger partial charge on any atom is 0.294 e. The highest BCUT2D eigenvalue weighted by atomic mass is 17.0. The molecule has 4 atom stereocenters. The fourth-order valence-electron chi connectivity index (χ4n) is 2.36. The zero-order chi connectivity index (χ0) is 16.7. The second kappa shape index (κ2) is 5.45. The van der Waals surface area contributed by atoms with Crippen LogP contribution in [0.4, 0.5) is 5.95 Å². The lowest BCUT2D eigenvalue weighted by Crippen LogP contribution is -2.34. The summed E-state index contributed by atoms with van der Waals surface area (Å²) in [4.78, 5) is 36.1. The number of aliphatic hydroxyl groups is 2. The molecule has 0 bridgehead atoms. The van der Waals surface area contributed by atoms with Crippen molar-refractivity contribution in [3.05, 3.63) is 26.8 Å². The first-order chi connectivity index (χ1) is 10.9. The minimum atomic E-state index is -1.44. The van der Waals surface area contributed by atoms with Gasteiger partial charge in [0.1, 0.15) is 24.9 Å². The number of aromatic nitrogens is 4. The average molecular weight is 328 g/mol. The van der Waals surface area contributed by atoms with Crippen LogP contribution in [0.5, 0.6) is 0 Å². The number of nitrogens with two attached hydrogens (primary N) is 1. The molecular formula is C10H12N6O7. The average Bonchev–Trinajstić information content (AvgIpc) is 3.00. The Hall–Kier alpha value is -2.77. The van der Waals surface area contributed by atoms with Gasteiger partial charge in [0.05, 0.1) is 6.33 Å². The molecule has 0 aromatic carbocycles. The first kappa shape index (κ1) is 15.1. The van der Waals surface area contributed by atoms with Crippen molar-refractivity contribution >= 4 is 17.1 Å². The first-order valence-electron chi connectivity index (χ1n) is 6.39. The predicted octanol–water partition coefficient (Wildman–Crippen LogP) is -2.47. The van der Waals surface area contributed by atoms with Gasteiger partial charge in [-0.15, -0.1) is 10.1 Å². The SMILES string of the molecule is Nc1nc2c(ncn2[C@@H]2O[C@H](CO[N+](=O)[O-])[C@@H](O)[C@H]2O)c(=O)[nH]1. The van der Waals surface area contributed by atoms with Gasteiger partial charge in [0.25, 0.3) is 10.6 Å². The molecule has 0 spiro atoms. The third-order valence-corrected chi connectivity index (χ3v) is 3.41. The van der Waals surface area contributed by atoms with E-state index in [1.807, 2.05) is 0 Å². The van der Waals surface area contributed by atoms with Crippen molar-refractivity contribution in [1.82, 2.24) is 19.5 Å². The maximum atomic E-state index is 11.7. The van der Waals surface area contributed by atoms with Crippen LogP contribution in [0.15, 0.2) is 11.1 Å². The van der Waals surface area contributed by atoms with E-state index in [1.54, 1.807) is 0 Å². The number of aliphatic hydroxyl groups excluding tert-OH is 2. The zero-order valence-electron chi connectivity index (χ0n) is 11.4. The van der Waals surface area contributed by atoms with E-state index in [9.17, 15) is 25.1 Å². The number of H-pyrrole nitrogens is 1. The Kier molecular flexibility index (Phi) is 3.59. The van der Waals surface area contributed by atoms with Gasteiger partial charge in [-0.3, -0.25) is 14.3 Å². The van der Waals surface area contributed by atoms with Gasteiger partial charge in [0, 0.05) is 0 Å². The summed E-state index contributed by atoms with van der Waals surface area (Å²) in [6.07, 6.45) is -3.99. The highest BCUT2D eigenvalue weighted by molar-refractivity contribution is 5.70. The van der Waals surface area contributed by atoms with E-state index in [0.717, 1.165) is 0 Å². The number of fused-ring (bicyclic) bond motifs is 1. The molecule has 1 aliphatic heterocycles. The number of hydrogen-bond donors (Lipinski definition) is 4. The molecule has 0 saturated carbocycles. The van der Waals surface area contributed by atoms with Crippen molar-refractivity contribution in [2.24, 2.45) is 0 Å². The van der Waals surface area contributed by atoms with E-state index >= 15 is 0 Å². The van der Waals surface area contributed by atoms with E-state index < -0.39 is 41.8 Å². The molecule has 23 heavy (non-hydrogen) atoms. The molecular weight excluding hydrogens is 316 g/mol. The molecule has 13 nitrogen and oxygen atoms in total. The third kappa shape index (κ3) is 2.56. The molecule has 3 heterocycles. The van der Waals surface area contributed by atoms with Gasteiger partial charge in [-0.05, 0) is 0 Å². The Morgan fingerprint density at radius 2 is 2.26 bits per heavy atom. The molecule has 1 saturated heterocycles. The standard InChI is InChI=1S/C10H12N6O7/c11-10-13-7-4(8(19)14-10)12-2-15(7)9-6(18)5(17)3(23-9)1-22-16(20)21/h2-3,5-6,9,17-18H,1H2,(H3,11,13,14,19)/t3-,5-,6-,9-/m1/s1. The minimum Gasteiger partial charge on any atom is -0.387 e. The summed E-state index contributed by atoms with van der Waals surface area (Å²) in [7, 11) is 0. The van der Waals surface area contributed by atoms with E-state index in [1.165, 1.54) is 10.9 Å². The number of rotatable bonds is 4. The fraction of sp³-hybridized carbons (Fsp3) is 0.500. The van der Waals surface area contributed by atoms with Crippen LogP contribution in [-0.4, -0.2) is 59.7 Å². The molecule has 0 radical (unpaired) electrons. The van der Waals surface area contributed by atoms with Crippen LogP contribution in [0.3, 0.4) is 0 Å². The van der Waals surface area contributed by atoms with Crippen molar-refractivity contribution in [1.29, 1.82) is 0 Å². The van der Waals surface area contributed by atoms with Gasteiger partial charge in [-0.2, -0.15) is 4.98 Å². The van der Waals surface area contributed by atoms with Crippen molar-refractivity contribution in [2.75, 3.05) is 12.3 Å². The largest absolute Gasteiger partial charge is 0.387 e. The number of nitrogens with zero attached hydrogens (tertiary/aromatic N) is 4. The summed E-state index contributed by atoms with van der Waals surface area (Å²) in [5.74, 6) is -0.162. The first-order valence-corrected chi connectivity index (χ1v) is 6.39. The smallest absolute Gasteiger partial charge is 0.294 e. The summed E-state index contributed by atoms with van der Waals surface area (Å²) in [6.45, 7) is -0.565.